The number of hydrogen-bond acceptors (Lipinski definition) is 7. The molecule has 188 valence electrons. The fraction of sp³-hybridized carbons (Fsp3) is 0.609. The molecule has 0 aliphatic heterocycles. The largest absolute Gasteiger partial charge is 0.493 e. The van der Waals surface area contributed by atoms with E-state index in [2.05, 4.69) is 53.1 Å². The summed E-state index contributed by atoms with van der Waals surface area (Å²) in [7, 11) is 1.16. The summed E-state index contributed by atoms with van der Waals surface area (Å²) in [5.74, 6) is 1.14. The van der Waals surface area contributed by atoms with Gasteiger partial charge in [-0.05, 0) is 69.0 Å². The molecule has 0 heterocycles. The van der Waals surface area contributed by atoms with Crippen LogP contribution in [0.5, 0.6) is 17.2 Å². The van der Waals surface area contributed by atoms with Crippen LogP contribution < -0.4 is 14.2 Å². The molecular formula is C23H42O7Si3. The van der Waals surface area contributed by atoms with Crippen molar-refractivity contribution in [2.24, 2.45) is 5.92 Å². The van der Waals surface area contributed by atoms with E-state index < -0.39 is 28.0 Å². The fourth-order valence-electron chi connectivity index (χ4n) is 3.57. The highest BCUT2D eigenvalue weighted by Gasteiger charge is 2.45. The standard InChI is InChI=1S/C23H42O7Si3/c1-16(2)22(29-32(6,7)8)23(31,30-33(9,10)11)28-20(24)13-12-17-14-18(25-3)21(27-5)19(15-17)26-4/h12-16,22H,1-11,31H3. The van der Waals surface area contributed by atoms with Gasteiger partial charge >= 0.3 is 5.97 Å². The maximum Gasteiger partial charge on any atom is 0.333 e. The Labute approximate surface area is 204 Å². The quantitative estimate of drug-likeness (QED) is 0.181. The van der Waals surface area contributed by atoms with Crippen LogP contribution in [0.25, 0.3) is 6.08 Å². The molecule has 1 aromatic rings. The van der Waals surface area contributed by atoms with E-state index in [1.807, 2.05) is 0 Å². The zero-order valence-corrected chi connectivity index (χ0v) is 26.3. The smallest absolute Gasteiger partial charge is 0.333 e. The van der Waals surface area contributed by atoms with Gasteiger partial charge in [-0.25, -0.2) is 4.79 Å². The van der Waals surface area contributed by atoms with Crippen molar-refractivity contribution in [2.75, 3.05) is 21.3 Å². The Morgan fingerprint density at radius 3 is 1.82 bits per heavy atom. The van der Waals surface area contributed by atoms with Crippen LogP contribution in [0.15, 0.2) is 18.2 Å². The molecule has 0 amide bonds. The second-order valence-corrected chi connectivity index (χ2v) is 20.6. The number of benzene rings is 1. The van der Waals surface area contributed by atoms with Gasteiger partial charge in [0.2, 0.25) is 5.75 Å². The van der Waals surface area contributed by atoms with Crippen molar-refractivity contribution in [2.45, 2.75) is 64.6 Å². The number of hydrogen-bond donors (Lipinski definition) is 0. The minimum absolute atomic E-state index is 0.123. The first-order valence-corrected chi connectivity index (χ1v) is 19.0. The summed E-state index contributed by atoms with van der Waals surface area (Å²) in [6.07, 6.45) is 2.72. The topological polar surface area (TPSA) is 72.5 Å². The predicted molar refractivity (Wildman–Crippen MR) is 141 cm³/mol. The van der Waals surface area contributed by atoms with Crippen molar-refractivity contribution in [1.82, 2.24) is 0 Å². The summed E-state index contributed by atoms with van der Waals surface area (Å²) < 4.78 is 35.1. The predicted octanol–water partition coefficient (Wildman–Crippen LogP) is 4.02. The molecule has 0 aliphatic rings. The van der Waals surface area contributed by atoms with Gasteiger partial charge in [0, 0.05) is 6.08 Å². The fourth-order valence-corrected chi connectivity index (χ4v) is 9.25. The van der Waals surface area contributed by atoms with Gasteiger partial charge in [0.15, 0.2) is 33.5 Å². The molecule has 0 N–H and O–H groups in total. The lowest BCUT2D eigenvalue weighted by Gasteiger charge is -2.45. The Morgan fingerprint density at radius 1 is 0.939 bits per heavy atom. The van der Waals surface area contributed by atoms with Gasteiger partial charge in [-0.15, -0.1) is 0 Å². The van der Waals surface area contributed by atoms with E-state index in [4.69, 9.17) is 27.8 Å². The highest BCUT2D eigenvalue weighted by atomic mass is 28.4. The van der Waals surface area contributed by atoms with E-state index in [1.54, 1.807) is 39.5 Å². The Kier molecular flexibility index (Phi) is 10.4. The van der Waals surface area contributed by atoms with Gasteiger partial charge < -0.3 is 27.8 Å². The van der Waals surface area contributed by atoms with Crippen LogP contribution in [-0.4, -0.2) is 65.7 Å². The van der Waals surface area contributed by atoms with Crippen LogP contribution in [0.4, 0.5) is 0 Å². The average molecular weight is 515 g/mol. The number of esters is 1. The lowest BCUT2D eigenvalue weighted by molar-refractivity contribution is -0.196. The second kappa shape index (κ2) is 11.7. The summed E-state index contributed by atoms with van der Waals surface area (Å²) in [5.41, 5.74) is -0.361. The maximum atomic E-state index is 13.0. The lowest BCUT2D eigenvalue weighted by Crippen LogP contribution is -2.59. The third-order valence-corrected chi connectivity index (χ3v) is 7.88. The van der Waals surface area contributed by atoms with E-state index in [0.717, 1.165) is 0 Å². The van der Waals surface area contributed by atoms with E-state index in [1.165, 1.54) is 6.08 Å². The van der Waals surface area contributed by atoms with Crippen molar-refractivity contribution in [3.8, 4) is 17.2 Å². The van der Waals surface area contributed by atoms with Gasteiger partial charge in [0.25, 0.3) is 0 Å². The maximum absolute atomic E-state index is 13.0. The van der Waals surface area contributed by atoms with Crippen LogP contribution in [0.3, 0.4) is 0 Å². The van der Waals surface area contributed by atoms with Crippen LogP contribution >= 0.6 is 0 Å². The van der Waals surface area contributed by atoms with E-state index >= 15 is 0 Å². The van der Waals surface area contributed by atoms with Crippen LogP contribution in [0.2, 0.25) is 39.3 Å². The molecule has 0 spiro atoms. The lowest BCUT2D eigenvalue weighted by atomic mass is 10.1. The Balaban J connectivity index is 3.26. The molecule has 1 rings (SSSR count). The Morgan fingerprint density at radius 2 is 1.45 bits per heavy atom. The molecule has 1 aromatic carbocycles. The minimum atomic E-state index is -2.04. The van der Waals surface area contributed by atoms with E-state index in [9.17, 15) is 4.79 Å². The molecule has 0 aliphatic carbocycles. The van der Waals surface area contributed by atoms with Gasteiger partial charge in [-0.2, -0.15) is 0 Å². The van der Waals surface area contributed by atoms with Crippen LogP contribution in [0.1, 0.15) is 19.4 Å². The first-order chi connectivity index (χ1) is 15.0. The number of methoxy groups -OCH3 is 3. The summed E-state index contributed by atoms with van der Waals surface area (Å²) >= 11 is 0. The van der Waals surface area contributed by atoms with Gasteiger partial charge in [-0.3, -0.25) is 0 Å². The molecule has 10 heteroatoms. The van der Waals surface area contributed by atoms with Crippen molar-refractivity contribution in [3.05, 3.63) is 23.8 Å². The van der Waals surface area contributed by atoms with E-state index in [0.29, 0.717) is 33.1 Å². The molecule has 0 radical (unpaired) electrons. The first-order valence-electron chi connectivity index (χ1n) is 11.1. The minimum Gasteiger partial charge on any atom is -0.493 e. The third-order valence-electron chi connectivity index (χ3n) is 4.51. The normalized spacial score (nSPS) is 15.4. The summed E-state index contributed by atoms with van der Waals surface area (Å²) in [6, 6.07) is 3.53. The van der Waals surface area contributed by atoms with Crippen LogP contribution in [0, 0.1) is 5.92 Å². The van der Waals surface area contributed by atoms with Crippen molar-refractivity contribution >= 4 is 38.9 Å². The number of carbonyl (C=O) groups is 1. The monoisotopic (exact) mass is 514 g/mol. The number of ether oxygens (including phenoxy) is 4. The van der Waals surface area contributed by atoms with Gasteiger partial charge in [0.05, 0.1) is 31.6 Å². The highest BCUT2D eigenvalue weighted by Crippen LogP contribution is 2.38. The molecule has 2 unspecified atom stereocenters. The zero-order valence-electron chi connectivity index (χ0n) is 22.3. The highest BCUT2D eigenvalue weighted by molar-refractivity contribution is 6.70. The second-order valence-electron chi connectivity index (χ2n) is 10.3. The molecule has 0 saturated carbocycles. The number of rotatable bonds is 12. The SMILES string of the molecule is COc1cc(C=CC(=O)OC([SiH3])(O[Si](C)(C)C)C(O[Si](C)(C)C)C(C)C)cc(OC)c1OC. The van der Waals surface area contributed by atoms with Gasteiger partial charge in [-0.1, -0.05) is 13.8 Å². The molecule has 0 aromatic heterocycles. The summed E-state index contributed by atoms with van der Waals surface area (Å²) in [5, 5.41) is 0. The molecule has 2 atom stereocenters. The Bertz CT molecular complexity index is 803. The molecule has 7 nitrogen and oxygen atoms in total. The summed E-state index contributed by atoms with van der Waals surface area (Å²) in [6.45, 7) is 16.8. The van der Waals surface area contributed by atoms with Crippen LogP contribution in [-0.2, 0) is 18.4 Å². The molecule has 0 saturated heterocycles. The zero-order chi connectivity index (χ0) is 25.6. The molecule has 33 heavy (non-hydrogen) atoms. The van der Waals surface area contributed by atoms with E-state index in [-0.39, 0.29) is 12.0 Å². The molecule has 0 fully saturated rings. The molecular weight excluding hydrogens is 473 g/mol. The third kappa shape index (κ3) is 9.28. The Hall–Kier alpha value is -1.60. The molecule has 0 bridgehead atoms. The van der Waals surface area contributed by atoms with Gasteiger partial charge in [0.1, 0.15) is 6.10 Å². The average Bonchev–Trinajstić information content (AvgIpc) is 2.67. The first kappa shape index (κ1) is 29.4. The van der Waals surface area contributed by atoms with Crippen molar-refractivity contribution in [3.63, 3.8) is 0 Å². The van der Waals surface area contributed by atoms with Crippen molar-refractivity contribution < 1.29 is 32.6 Å². The van der Waals surface area contributed by atoms with Crippen molar-refractivity contribution in [1.29, 1.82) is 0 Å². The number of carbonyl (C=O) groups excluding carboxylic acids is 1. The summed E-state index contributed by atoms with van der Waals surface area (Å²) in [4.78, 5) is 13.0.